The van der Waals surface area contributed by atoms with E-state index in [1.165, 1.54) is 0 Å². The van der Waals surface area contributed by atoms with Gasteiger partial charge in [-0.1, -0.05) is 6.07 Å². The third-order valence-electron chi connectivity index (χ3n) is 2.40. The van der Waals surface area contributed by atoms with Crippen molar-refractivity contribution in [1.29, 1.82) is 0 Å². The van der Waals surface area contributed by atoms with E-state index in [0.29, 0.717) is 36.7 Å². The monoisotopic (exact) mass is 238 g/mol. The number of hydrogen-bond donors (Lipinski definition) is 0. The summed E-state index contributed by atoms with van der Waals surface area (Å²) in [6.45, 7) is 2.44. The average molecular weight is 238 g/mol. The van der Waals surface area contributed by atoms with Crippen LogP contribution in [0, 0.1) is 0 Å². The Bertz CT molecular complexity index is 374. The van der Waals surface area contributed by atoms with E-state index in [-0.39, 0.29) is 0 Å². The zero-order valence-corrected chi connectivity index (χ0v) is 10.5. The Hall–Kier alpha value is -1.71. The molecule has 0 aliphatic rings. The Balaban J connectivity index is 3.15. The zero-order valence-electron chi connectivity index (χ0n) is 10.5. The van der Waals surface area contributed by atoms with Crippen molar-refractivity contribution in [1.82, 2.24) is 0 Å². The standard InChI is InChI=1S/C13H18O4/c1-4-17-12-10(6-5-9-14)7-8-11(15-2)13(12)16-3/h7-9H,4-6H2,1-3H3. The van der Waals surface area contributed by atoms with Crippen LogP contribution in [0.4, 0.5) is 0 Å². The summed E-state index contributed by atoms with van der Waals surface area (Å²) >= 11 is 0. The van der Waals surface area contributed by atoms with Crippen molar-refractivity contribution in [3.8, 4) is 17.2 Å². The Morgan fingerprint density at radius 3 is 2.47 bits per heavy atom. The van der Waals surface area contributed by atoms with Gasteiger partial charge in [0.2, 0.25) is 5.75 Å². The fourth-order valence-corrected chi connectivity index (χ4v) is 1.65. The number of ether oxygens (including phenoxy) is 3. The van der Waals surface area contributed by atoms with Crippen molar-refractivity contribution < 1.29 is 19.0 Å². The SMILES string of the molecule is CCOc1c(CCC=O)ccc(OC)c1OC. The molecule has 1 rings (SSSR count). The molecule has 4 heteroatoms. The highest BCUT2D eigenvalue weighted by atomic mass is 16.5. The zero-order chi connectivity index (χ0) is 12.7. The summed E-state index contributed by atoms with van der Waals surface area (Å²) < 4.78 is 16.1. The fraction of sp³-hybridized carbons (Fsp3) is 0.462. The maximum absolute atomic E-state index is 10.4. The van der Waals surface area contributed by atoms with E-state index in [1.54, 1.807) is 14.2 Å². The van der Waals surface area contributed by atoms with Crippen molar-refractivity contribution in [2.75, 3.05) is 20.8 Å². The van der Waals surface area contributed by atoms with Crippen molar-refractivity contribution in [2.24, 2.45) is 0 Å². The molecule has 0 saturated heterocycles. The lowest BCUT2D eigenvalue weighted by molar-refractivity contribution is -0.107. The van der Waals surface area contributed by atoms with E-state index in [9.17, 15) is 4.79 Å². The minimum atomic E-state index is 0.468. The lowest BCUT2D eigenvalue weighted by Crippen LogP contribution is -2.02. The summed E-state index contributed by atoms with van der Waals surface area (Å²) in [5.74, 6) is 1.87. The molecule has 0 amide bonds. The summed E-state index contributed by atoms with van der Waals surface area (Å²) in [7, 11) is 3.16. The predicted octanol–water partition coefficient (Wildman–Crippen LogP) is 2.23. The van der Waals surface area contributed by atoms with Crippen LogP contribution in [0.15, 0.2) is 12.1 Å². The van der Waals surface area contributed by atoms with E-state index in [0.717, 1.165) is 11.8 Å². The third-order valence-corrected chi connectivity index (χ3v) is 2.40. The Kier molecular flexibility index (Phi) is 5.33. The van der Waals surface area contributed by atoms with Crippen LogP contribution in [-0.2, 0) is 11.2 Å². The number of rotatable bonds is 7. The maximum atomic E-state index is 10.4. The highest BCUT2D eigenvalue weighted by molar-refractivity contribution is 5.57. The molecule has 4 nitrogen and oxygen atoms in total. The van der Waals surface area contributed by atoms with Gasteiger partial charge in [0.25, 0.3) is 0 Å². The molecule has 0 aromatic heterocycles. The van der Waals surface area contributed by atoms with Crippen molar-refractivity contribution in [3.05, 3.63) is 17.7 Å². The average Bonchev–Trinajstić information content (AvgIpc) is 2.37. The largest absolute Gasteiger partial charge is 0.493 e. The highest BCUT2D eigenvalue weighted by Crippen LogP contribution is 2.40. The molecule has 0 aliphatic heterocycles. The molecule has 94 valence electrons. The number of hydrogen-bond acceptors (Lipinski definition) is 4. The molecule has 0 radical (unpaired) electrons. The van der Waals surface area contributed by atoms with Crippen molar-refractivity contribution >= 4 is 6.29 Å². The summed E-state index contributed by atoms with van der Waals surface area (Å²) in [5, 5.41) is 0. The molecule has 0 aliphatic carbocycles. The summed E-state index contributed by atoms with van der Waals surface area (Å²) in [6.07, 6.45) is 2.00. The highest BCUT2D eigenvalue weighted by Gasteiger charge is 2.15. The molecule has 1 aromatic carbocycles. The van der Waals surface area contributed by atoms with Gasteiger partial charge in [0.15, 0.2) is 11.5 Å². The predicted molar refractivity (Wildman–Crippen MR) is 65.1 cm³/mol. The molecule has 0 spiro atoms. The van der Waals surface area contributed by atoms with Crippen LogP contribution in [0.5, 0.6) is 17.2 Å². The topological polar surface area (TPSA) is 44.8 Å². The normalized spacial score (nSPS) is 9.82. The van der Waals surface area contributed by atoms with Gasteiger partial charge in [-0.25, -0.2) is 0 Å². The van der Waals surface area contributed by atoms with E-state index in [4.69, 9.17) is 14.2 Å². The Morgan fingerprint density at radius 2 is 1.94 bits per heavy atom. The quantitative estimate of drug-likeness (QED) is 0.683. The third kappa shape index (κ3) is 3.12. The van der Waals surface area contributed by atoms with E-state index >= 15 is 0 Å². The number of benzene rings is 1. The van der Waals surface area contributed by atoms with Gasteiger partial charge in [-0.3, -0.25) is 0 Å². The first kappa shape index (κ1) is 13.4. The van der Waals surface area contributed by atoms with E-state index in [1.807, 2.05) is 19.1 Å². The molecule has 1 aromatic rings. The smallest absolute Gasteiger partial charge is 0.203 e. The van der Waals surface area contributed by atoms with Crippen molar-refractivity contribution in [2.45, 2.75) is 19.8 Å². The molecule has 0 fully saturated rings. The van der Waals surface area contributed by atoms with Gasteiger partial charge in [-0.2, -0.15) is 0 Å². The lowest BCUT2D eigenvalue weighted by Gasteiger charge is -2.16. The number of aldehydes is 1. The summed E-state index contributed by atoms with van der Waals surface area (Å²) in [4.78, 5) is 10.4. The molecule has 0 bridgehead atoms. The second kappa shape index (κ2) is 6.78. The summed E-state index contributed by atoms with van der Waals surface area (Å²) in [6, 6.07) is 3.72. The van der Waals surface area contributed by atoms with Crippen LogP contribution in [0.3, 0.4) is 0 Å². The summed E-state index contributed by atoms with van der Waals surface area (Å²) in [5.41, 5.74) is 0.955. The maximum Gasteiger partial charge on any atom is 0.203 e. The van der Waals surface area contributed by atoms with E-state index < -0.39 is 0 Å². The van der Waals surface area contributed by atoms with Crippen LogP contribution in [0.2, 0.25) is 0 Å². The van der Waals surface area contributed by atoms with Crippen LogP contribution in [0.1, 0.15) is 18.9 Å². The number of aryl methyl sites for hydroxylation is 1. The van der Waals surface area contributed by atoms with Gasteiger partial charge in [-0.05, 0) is 25.0 Å². The molecular formula is C13H18O4. The van der Waals surface area contributed by atoms with Gasteiger partial charge in [0.1, 0.15) is 6.29 Å². The first-order chi connectivity index (χ1) is 8.28. The minimum absolute atomic E-state index is 0.468. The van der Waals surface area contributed by atoms with Gasteiger partial charge < -0.3 is 19.0 Å². The van der Waals surface area contributed by atoms with Crippen LogP contribution in [0.25, 0.3) is 0 Å². The molecule has 0 N–H and O–H groups in total. The number of carbonyl (C=O) groups excluding carboxylic acids is 1. The molecule has 0 saturated carbocycles. The van der Waals surface area contributed by atoms with Crippen molar-refractivity contribution in [3.63, 3.8) is 0 Å². The molecule has 0 atom stereocenters. The number of methoxy groups -OCH3 is 2. The van der Waals surface area contributed by atoms with Gasteiger partial charge in [0.05, 0.1) is 20.8 Å². The van der Waals surface area contributed by atoms with Crippen LogP contribution in [-0.4, -0.2) is 27.1 Å². The lowest BCUT2D eigenvalue weighted by atomic mass is 10.1. The number of carbonyl (C=O) groups is 1. The van der Waals surface area contributed by atoms with Crippen LogP contribution < -0.4 is 14.2 Å². The molecule has 0 unspecified atom stereocenters. The van der Waals surface area contributed by atoms with E-state index in [2.05, 4.69) is 0 Å². The second-order valence-corrected chi connectivity index (χ2v) is 3.43. The Labute approximate surface area is 101 Å². The second-order valence-electron chi connectivity index (χ2n) is 3.43. The van der Waals surface area contributed by atoms with Crippen LogP contribution >= 0.6 is 0 Å². The molecule has 0 heterocycles. The molecule has 17 heavy (non-hydrogen) atoms. The first-order valence-electron chi connectivity index (χ1n) is 5.58. The first-order valence-corrected chi connectivity index (χ1v) is 5.58. The van der Waals surface area contributed by atoms with Gasteiger partial charge in [0, 0.05) is 6.42 Å². The minimum Gasteiger partial charge on any atom is -0.493 e. The van der Waals surface area contributed by atoms with Gasteiger partial charge >= 0.3 is 0 Å². The fourth-order valence-electron chi connectivity index (χ4n) is 1.65. The molecular weight excluding hydrogens is 220 g/mol. The van der Waals surface area contributed by atoms with Gasteiger partial charge in [-0.15, -0.1) is 0 Å². The Morgan fingerprint density at radius 1 is 1.18 bits per heavy atom.